The van der Waals surface area contributed by atoms with Crippen LogP contribution in [0.1, 0.15) is 24.2 Å². The summed E-state index contributed by atoms with van der Waals surface area (Å²) in [7, 11) is 3.72. The number of carbonyl (C=O) groups is 2. The van der Waals surface area contributed by atoms with Crippen LogP contribution in [0.3, 0.4) is 0 Å². The van der Waals surface area contributed by atoms with Crippen molar-refractivity contribution < 1.29 is 9.59 Å². The summed E-state index contributed by atoms with van der Waals surface area (Å²) in [6.45, 7) is 4.39. The van der Waals surface area contributed by atoms with E-state index in [1.54, 1.807) is 12.1 Å². The molecule has 0 spiro atoms. The Morgan fingerprint density at radius 2 is 2.19 bits per heavy atom. The van der Waals surface area contributed by atoms with Crippen LogP contribution in [0, 0.1) is 0 Å². The van der Waals surface area contributed by atoms with Gasteiger partial charge < -0.3 is 20.9 Å². The summed E-state index contributed by atoms with van der Waals surface area (Å²) in [4.78, 5) is 25.9. The number of hydrogen-bond donors (Lipinski definition) is 3. The normalized spacial score (nSPS) is 18.8. The number of likely N-dealkylation sites (N-methyl/N-ethyl adjacent to an activating group) is 2. The highest BCUT2D eigenvalue weighted by Crippen LogP contribution is 2.31. The van der Waals surface area contributed by atoms with E-state index in [0.29, 0.717) is 17.8 Å². The minimum atomic E-state index is -0.214. The van der Waals surface area contributed by atoms with E-state index in [1.807, 2.05) is 38.9 Å². The lowest BCUT2D eigenvalue weighted by Crippen LogP contribution is -2.44. The number of rotatable bonds is 4. The van der Waals surface area contributed by atoms with Crippen molar-refractivity contribution in [3.8, 4) is 0 Å². The van der Waals surface area contributed by atoms with E-state index in [4.69, 9.17) is 0 Å². The third-order valence-corrected chi connectivity index (χ3v) is 3.92. The molecule has 0 aromatic heterocycles. The van der Waals surface area contributed by atoms with Crippen molar-refractivity contribution in [3.05, 3.63) is 23.8 Å². The minimum absolute atomic E-state index is 0.0636. The van der Waals surface area contributed by atoms with Gasteiger partial charge in [0, 0.05) is 25.2 Å². The predicted octanol–water partition coefficient (Wildman–Crippen LogP) is 0.801. The van der Waals surface area contributed by atoms with Crippen LogP contribution in [0.5, 0.6) is 0 Å². The molecule has 0 radical (unpaired) electrons. The summed E-state index contributed by atoms with van der Waals surface area (Å²) in [5, 5.41) is 8.76. The van der Waals surface area contributed by atoms with Gasteiger partial charge in [-0.05, 0) is 39.1 Å². The molecule has 2 amide bonds. The van der Waals surface area contributed by atoms with Gasteiger partial charge in [0.1, 0.15) is 6.04 Å². The monoisotopic (exact) mass is 290 g/mol. The molecule has 1 aromatic rings. The molecule has 0 saturated heterocycles. The Balaban J connectivity index is 2.16. The highest BCUT2D eigenvalue weighted by Gasteiger charge is 2.27. The number of benzene rings is 1. The van der Waals surface area contributed by atoms with Crippen LogP contribution >= 0.6 is 0 Å². The van der Waals surface area contributed by atoms with Crippen LogP contribution in [-0.2, 0) is 4.79 Å². The number of fused-ring (bicyclic) bond motifs is 1. The fourth-order valence-electron chi connectivity index (χ4n) is 2.16. The van der Waals surface area contributed by atoms with Crippen LogP contribution in [0.2, 0.25) is 0 Å². The molecular weight excluding hydrogens is 268 g/mol. The summed E-state index contributed by atoms with van der Waals surface area (Å²) in [5.74, 6) is -0.207. The molecule has 1 heterocycles. The number of nitrogens with one attached hydrogen (secondary N) is 3. The van der Waals surface area contributed by atoms with Gasteiger partial charge in [0.2, 0.25) is 5.91 Å². The van der Waals surface area contributed by atoms with Gasteiger partial charge in [0.05, 0.1) is 11.4 Å². The highest BCUT2D eigenvalue weighted by molar-refractivity contribution is 6.05. The molecule has 6 heteroatoms. The lowest BCUT2D eigenvalue weighted by Gasteiger charge is -2.33. The SMILES string of the molecule is CNC(C)CNC(=O)c1ccc2c(c1)NC(=O)C(C)N2C. The van der Waals surface area contributed by atoms with E-state index in [1.165, 1.54) is 0 Å². The second kappa shape index (κ2) is 6.13. The first kappa shape index (κ1) is 15.3. The predicted molar refractivity (Wildman–Crippen MR) is 83.8 cm³/mol. The average Bonchev–Trinajstić information content (AvgIpc) is 2.49. The van der Waals surface area contributed by atoms with Crippen LogP contribution in [0.15, 0.2) is 18.2 Å². The Hall–Kier alpha value is -2.08. The Kier molecular flexibility index (Phi) is 4.47. The van der Waals surface area contributed by atoms with Gasteiger partial charge in [-0.25, -0.2) is 0 Å². The van der Waals surface area contributed by atoms with E-state index in [2.05, 4.69) is 16.0 Å². The molecule has 2 atom stereocenters. The molecule has 0 aliphatic carbocycles. The fraction of sp³-hybridized carbons (Fsp3) is 0.467. The fourth-order valence-corrected chi connectivity index (χ4v) is 2.16. The Morgan fingerprint density at radius 3 is 2.86 bits per heavy atom. The van der Waals surface area contributed by atoms with E-state index >= 15 is 0 Å². The zero-order chi connectivity index (χ0) is 15.6. The standard InChI is InChI=1S/C15H22N4O2/c1-9(16-3)8-17-15(21)11-5-6-13-12(7-11)18-14(20)10(2)19(13)4/h5-7,9-10,16H,8H2,1-4H3,(H,17,21)(H,18,20). The Labute approximate surface area is 124 Å². The number of amides is 2. The number of carbonyl (C=O) groups excluding carboxylic acids is 2. The molecule has 114 valence electrons. The van der Waals surface area contributed by atoms with Crippen molar-refractivity contribution in [1.29, 1.82) is 0 Å². The Bertz CT molecular complexity index is 559. The van der Waals surface area contributed by atoms with Gasteiger partial charge >= 0.3 is 0 Å². The Morgan fingerprint density at radius 1 is 1.48 bits per heavy atom. The van der Waals surface area contributed by atoms with E-state index in [0.717, 1.165) is 5.69 Å². The quantitative estimate of drug-likeness (QED) is 0.767. The first-order valence-electron chi connectivity index (χ1n) is 7.07. The summed E-state index contributed by atoms with van der Waals surface area (Å²) >= 11 is 0. The zero-order valence-electron chi connectivity index (χ0n) is 12.9. The molecular formula is C15H22N4O2. The average molecular weight is 290 g/mol. The molecule has 1 aliphatic heterocycles. The van der Waals surface area contributed by atoms with E-state index in [9.17, 15) is 9.59 Å². The van der Waals surface area contributed by atoms with Gasteiger partial charge in [-0.2, -0.15) is 0 Å². The summed E-state index contributed by atoms with van der Waals surface area (Å²) in [6, 6.07) is 5.35. The largest absolute Gasteiger partial charge is 0.361 e. The van der Waals surface area contributed by atoms with E-state index < -0.39 is 0 Å². The summed E-state index contributed by atoms with van der Waals surface area (Å²) < 4.78 is 0. The van der Waals surface area contributed by atoms with Gasteiger partial charge in [-0.15, -0.1) is 0 Å². The lowest BCUT2D eigenvalue weighted by molar-refractivity contribution is -0.117. The smallest absolute Gasteiger partial charge is 0.251 e. The number of anilines is 2. The van der Waals surface area contributed by atoms with Gasteiger partial charge in [0.15, 0.2) is 0 Å². The molecule has 6 nitrogen and oxygen atoms in total. The summed E-state index contributed by atoms with van der Waals surface area (Å²) in [6.07, 6.45) is 0. The van der Waals surface area contributed by atoms with Crippen molar-refractivity contribution in [2.45, 2.75) is 25.9 Å². The second-order valence-corrected chi connectivity index (χ2v) is 5.41. The molecule has 1 aliphatic rings. The maximum absolute atomic E-state index is 12.1. The van der Waals surface area contributed by atoms with Crippen LogP contribution < -0.4 is 20.9 Å². The van der Waals surface area contributed by atoms with Crippen molar-refractivity contribution in [1.82, 2.24) is 10.6 Å². The topological polar surface area (TPSA) is 73.5 Å². The maximum atomic E-state index is 12.1. The lowest BCUT2D eigenvalue weighted by atomic mass is 10.1. The van der Waals surface area contributed by atoms with Crippen molar-refractivity contribution >= 4 is 23.2 Å². The first-order valence-corrected chi connectivity index (χ1v) is 7.07. The molecule has 0 saturated carbocycles. The van der Waals surface area contributed by atoms with Gasteiger partial charge in [-0.1, -0.05) is 0 Å². The molecule has 0 fully saturated rings. The third kappa shape index (κ3) is 3.16. The van der Waals surface area contributed by atoms with Gasteiger partial charge in [-0.3, -0.25) is 9.59 Å². The summed E-state index contributed by atoms with van der Waals surface area (Å²) in [5.41, 5.74) is 2.14. The van der Waals surface area contributed by atoms with Gasteiger partial charge in [0.25, 0.3) is 5.91 Å². The molecule has 3 N–H and O–H groups in total. The van der Waals surface area contributed by atoms with Crippen molar-refractivity contribution in [3.63, 3.8) is 0 Å². The first-order chi connectivity index (χ1) is 9.93. The molecule has 21 heavy (non-hydrogen) atoms. The third-order valence-electron chi connectivity index (χ3n) is 3.92. The van der Waals surface area contributed by atoms with Crippen LogP contribution in [0.25, 0.3) is 0 Å². The van der Waals surface area contributed by atoms with Crippen molar-refractivity contribution in [2.24, 2.45) is 0 Å². The number of nitrogens with zero attached hydrogens (tertiary/aromatic N) is 1. The molecule has 0 bridgehead atoms. The minimum Gasteiger partial charge on any atom is -0.361 e. The van der Waals surface area contributed by atoms with Crippen LogP contribution in [-0.4, -0.2) is 44.5 Å². The maximum Gasteiger partial charge on any atom is 0.251 e. The van der Waals surface area contributed by atoms with Crippen molar-refractivity contribution in [2.75, 3.05) is 30.9 Å². The molecule has 2 unspecified atom stereocenters. The van der Waals surface area contributed by atoms with E-state index in [-0.39, 0.29) is 23.9 Å². The molecule has 1 aromatic carbocycles. The van der Waals surface area contributed by atoms with Crippen LogP contribution in [0.4, 0.5) is 11.4 Å². The second-order valence-electron chi connectivity index (χ2n) is 5.41. The zero-order valence-corrected chi connectivity index (χ0v) is 12.9. The number of hydrogen-bond acceptors (Lipinski definition) is 4. The molecule has 2 rings (SSSR count). The highest BCUT2D eigenvalue weighted by atomic mass is 16.2.